The number of esters is 1. The average Bonchev–Trinajstić information content (AvgIpc) is 2.79. The van der Waals surface area contributed by atoms with Gasteiger partial charge in [-0.2, -0.15) is 9.59 Å². The highest BCUT2D eigenvalue weighted by atomic mass is 35.5. The first-order valence-corrected chi connectivity index (χ1v) is 12.0. The van der Waals surface area contributed by atoms with Gasteiger partial charge in [0.25, 0.3) is 5.91 Å². The van der Waals surface area contributed by atoms with Crippen LogP contribution in [-0.2, 0) is 19.1 Å². The zero-order chi connectivity index (χ0) is 30.6. The van der Waals surface area contributed by atoms with Crippen LogP contribution in [0.5, 0.6) is 11.5 Å². The molecule has 0 heterocycles. The lowest BCUT2D eigenvalue weighted by molar-refractivity contribution is -0.191. The minimum absolute atomic E-state index is 0. The number of carbonyl (C=O) groups is 3. The molecule has 0 aliphatic rings. The van der Waals surface area contributed by atoms with Gasteiger partial charge in [0.15, 0.2) is 0 Å². The first-order valence-electron chi connectivity index (χ1n) is 12.0. The maximum atomic E-state index is 11.7. The Morgan fingerprint density at radius 2 is 1.25 bits per heavy atom. The summed E-state index contributed by atoms with van der Waals surface area (Å²) in [4.78, 5) is 49.6. The van der Waals surface area contributed by atoms with Gasteiger partial charge >= 0.3 is 18.1 Å². The third-order valence-corrected chi connectivity index (χ3v) is 4.17. The lowest BCUT2D eigenvalue weighted by atomic mass is 9.93. The number of ether oxygens (including phenoxy) is 1. The summed E-state index contributed by atoms with van der Waals surface area (Å²) >= 11 is 0. The van der Waals surface area contributed by atoms with Crippen molar-refractivity contribution in [3.8, 4) is 11.5 Å². The standard InChI is InChI=1S/C14H19NO4.C7H6O3.C6H15N.CO2.ClH/c1-14(2,3)19-12(17)8-9-15-13(18)10-4-6-11(16)7-5-10;8-6-3-1-5(2-4-6)7(9)10;1-6(2,3)4-5-7;2-1-3;/h4-7,16H,8-9H2,1-3H3,(H,15,18);1-4,8H,(H,9,10);4-5,7H2,1-3H3;;1H. The summed E-state index contributed by atoms with van der Waals surface area (Å²) in [6.45, 7) is 13.0. The number of rotatable bonds is 6. The Labute approximate surface area is 241 Å². The van der Waals surface area contributed by atoms with E-state index in [2.05, 4.69) is 26.1 Å². The molecule has 2 rings (SSSR count). The molecule has 0 spiro atoms. The molecule has 0 aromatic heterocycles. The van der Waals surface area contributed by atoms with Crippen LogP contribution in [0.1, 0.15) is 75.1 Å². The van der Waals surface area contributed by atoms with Crippen molar-refractivity contribution in [2.75, 3.05) is 13.1 Å². The number of aromatic carboxylic acids is 1. The molecule has 0 aliphatic carbocycles. The van der Waals surface area contributed by atoms with Crippen molar-refractivity contribution in [1.29, 1.82) is 0 Å². The minimum Gasteiger partial charge on any atom is -0.508 e. The predicted octanol–water partition coefficient (Wildman–Crippen LogP) is 4.16. The summed E-state index contributed by atoms with van der Waals surface area (Å²) in [7, 11) is 0. The van der Waals surface area contributed by atoms with E-state index >= 15 is 0 Å². The number of amides is 1. The Morgan fingerprint density at radius 1 is 0.850 bits per heavy atom. The average molecular weight is 585 g/mol. The molecular formula is C28H41ClN2O9. The smallest absolute Gasteiger partial charge is 0.373 e. The molecule has 0 fully saturated rings. The van der Waals surface area contributed by atoms with Crippen LogP contribution < -0.4 is 11.1 Å². The highest BCUT2D eigenvalue weighted by molar-refractivity contribution is 5.94. The van der Waals surface area contributed by atoms with Crippen LogP contribution in [0.3, 0.4) is 0 Å². The number of nitrogens with one attached hydrogen (secondary N) is 1. The van der Waals surface area contributed by atoms with E-state index in [1.54, 1.807) is 20.8 Å². The summed E-state index contributed by atoms with van der Waals surface area (Å²) in [6, 6.07) is 11.3. The highest BCUT2D eigenvalue weighted by Crippen LogP contribution is 2.16. The third kappa shape index (κ3) is 24.4. The maximum absolute atomic E-state index is 11.7. The SMILES string of the molecule is CC(C)(C)CCN.CC(C)(C)OC(=O)CCNC(=O)c1ccc(O)cc1.Cl.O=C(O)c1ccc(O)cc1.O=C=O. The van der Waals surface area contributed by atoms with Gasteiger partial charge in [0, 0.05) is 12.1 Å². The minimum atomic E-state index is -0.986. The van der Waals surface area contributed by atoms with E-state index in [4.69, 9.17) is 35.4 Å². The second kappa shape index (κ2) is 21.0. The van der Waals surface area contributed by atoms with Crippen LogP contribution in [0.25, 0.3) is 0 Å². The Bertz CT molecular complexity index is 1040. The first kappa shape index (κ1) is 40.6. The van der Waals surface area contributed by atoms with Gasteiger partial charge in [-0.1, -0.05) is 20.8 Å². The molecule has 224 valence electrons. The second-order valence-electron chi connectivity index (χ2n) is 10.2. The molecule has 2 aromatic rings. The van der Waals surface area contributed by atoms with Crippen LogP contribution in [0.4, 0.5) is 0 Å². The number of phenolic OH excluding ortho intramolecular Hbond substituents is 2. The molecule has 0 bridgehead atoms. The van der Waals surface area contributed by atoms with Gasteiger partial charge in [0.2, 0.25) is 0 Å². The van der Waals surface area contributed by atoms with Gasteiger partial charge in [-0.15, -0.1) is 12.4 Å². The van der Waals surface area contributed by atoms with Crippen molar-refractivity contribution in [2.24, 2.45) is 11.1 Å². The monoisotopic (exact) mass is 584 g/mol. The Hall–Kier alpha value is -3.92. The predicted molar refractivity (Wildman–Crippen MR) is 151 cm³/mol. The fraction of sp³-hybridized carbons (Fsp3) is 0.429. The Kier molecular flexibility index (Phi) is 21.3. The van der Waals surface area contributed by atoms with Gasteiger partial charge in [-0.25, -0.2) is 4.79 Å². The zero-order valence-electron chi connectivity index (χ0n) is 23.7. The number of phenols is 2. The molecule has 11 nitrogen and oxygen atoms in total. The quantitative estimate of drug-likeness (QED) is 0.308. The topological polar surface area (TPSA) is 193 Å². The number of nitrogens with two attached hydrogens (primary N) is 1. The largest absolute Gasteiger partial charge is 0.508 e. The van der Waals surface area contributed by atoms with E-state index < -0.39 is 11.6 Å². The Morgan fingerprint density at radius 3 is 1.55 bits per heavy atom. The summed E-state index contributed by atoms with van der Waals surface area (Å²) in [6.07, 6.45) is 1.49. The summed E-state index contributed by atoms with van der Waals surface area (Å²) in [5, 5.41) is 28.9. The lowest BCUT2D eigenvalue weighted by Gasteiger charge is -2.19. The van der Waals surface area contributed by atoms with Crippen molar-refractivity contribution in [2.45, 2.75) is 60.0 Å². The molecule has 0 aliphatic heterocycles. The van der Waals surface area contributed by atoms with E-state index in [1.165, 1.54) is 48.5 Å². The van der Waals surface area contributed by atoms with Crippen molar-refractivity contribution in [1.82, 2.24) is 5.32 Å². The first-order chi connectivity index (χ1) is 17.9. The van der Waals surface area contributed by atoms with Crippen molar-refractivity contribution < 1.29 is 44.0 Å². The molecule has 0 unspecified atom stereocenters. The molecular weight excluding hydrogens is 544 g/mol. The second-order valence-corrected chi connectivity index (χ2v) is 10.2. The molecule has 6 N–H and O–H groups in total. The summed E-state index contributed by atoms with van der Waals surface area (Å²) < 4.78 is 5.12. The summed E-state index contributed by atoms with van der Waals surface area (Å²) in [5.74, 6) is -1.45. The number of benzene rings is 2. The molecule has 0 saturated carbocycles. The number of halogens is 1. The molecule has 2 aromatic carbocycles. The van der Waals surface area contributed by atoms with Gasteiger partial charge < -0.3 is 31.1 Å². The number of hydrogen-bond donors (Lipinski definition) is 5. The van der Waals surface area contributed by atoms with Gasteiger partial charge in [0.1, 0.15) is 17.1 Å². The molecule has 0 saturated heterocycles. The fourth-order valence-electron chi connectivity index (χ4n) is 2.42. The molecule has 0 radical (unpaired) electrons. The van der Waals surface area contributed by atoms with E-state index in [-0.39, 0.29) is 60.5 Å². The van der Waals surface area contributed by atoms with Crippen LogP contribution in [-0.4, -0.2) is 58.0 Å². The van der Waals surface area contributed by atoms with Crippen LogP contribution >= 0.6 is 12.4 Å². The Balaban J connectivity index is -0.000000545. The number of carboxylic acids is 1. The van der Waals surface area contributed by atoms with Crippen LogP contribution in [0.15, 0.2) is 48.5 Å². The third-order valence-electron chi connectivity index (χ3n) is 4.17. The van der Waals surface area contributed by atoms with Crippen molar-refractivity contribution >= 4 is 36.4 Å². The normalized spacial score (nSPS) is 9.78. The zero-order valence-corrected chi connectivity index (χ0v) is 24.5. The van der Waals surface area contributed by atoms with Crippen molar-refractivity contribution in [3.05, 3.63) is 59.7 Å². The highest BCUT2D eigenvalue weighted by Gasteiger charge is 2.16. The van der Waals surface area contributed by atoms with E-state index in [9.17, 15) is 14.4 Å². The number of carbonyl (C=O) groups excluding carboxylic acids is 4. The number of hydrogen-bond acceptors (Lipinski definition) is 9. The van der Waals surface area contributed by atoms with Gasteiger partial charge in [0.05, 0.1) is 12.0 Å². The van der Waals surface area contributed by atoms with Crippen molar-refractivity contribution in [3.63, 3.8) is 0 Å². The summed E-state index contributed by atoms with van der Waals surface area (Å²) in [5.41, 5.74) is 5.84. The molecule has 40 heavy (non-hydrogen) atoms. The van der Waals surface area contributed by atoms with E-state index in [0.717, 1.165) is 13.0 Å². The maximum Gasteiger partial charge on any atom is 0.373 e. The van der Waals surface area contributed by atoms with E-state index in [1.807, 2.05) is 0 Å². The van der Waals surface area contributed by atoms with Gasteiger partial charge in [-0.05, 0) is 87.7 Å². The number of aromatic hydroxyl groups is 2. The van der Waals surface area contributed by atoms with Crippen LogP contribution in [0, 0.1) is 5.41 Å². The van der Waals surface area contributed by atoms with Crippen LogP contribution in [0.2, 0.25) is 0 Å². The molecule has 12 heteroatoms. The van der Waals surface area contributed by atoms with Gasteiger partial charge in [-0.3, -0.25) is 9.59 Å². The number of carboxylic acid groups (broad SMARTS) is 1. The molecule has 1 amide bonds. The molecule has 0 atom stereocenters. The van der Waals surface area contributed by atoms with E-state index in [0.29, 0.717) is 11.0 Å². The lowest BCUT2D eigenvalue weighted by Crippen LogP contribution is -2.29. The fourth-order valence-corrected chi connectivity index (χ4v) is 2.42.